The summed E-state index contributed by atoms with van der Waals surface area (Å²) in [5, 5.41) is 3.32. The van der Waals surface area contributed by atoms with Gasteiger partial charge in [-0.05, 0) is 31.1 Å². The zero-order valence-electron chi connectivity index (χ0n) is 12.1. The van der Waals surface area contributed by atoms with Gasteiger partial charge >= 0.3 is 0 Å². The summed E-state index contributed by atoms with van der Waals surface area (Å²) in [5.41, 5.74) is 0.899. The molecule has 1 aromatic carbocycles. The van der Waals surface area contributed by atoms with Crippen LogP contribution < -0.4 is 5.32 Å². The minimum Gasteiger partial charge on any atom is -0.345 e. The lowest BCUT2D eigenvalue weighted by Crippen LogP contribution is -2.56. The van der Waals surface area contributed by atoms with Crippen molar-refractivity contribution in [3.63, 3.8) is 0 Å². The van der Waals surface area contributed by atoms with Crippen molar-refractivity contribution in [3.8, 4) is 0 Å². The minimum absolute atomic E-state index is 0.0372. The fourth-order valence-electron chi connectivity index (χ4n) is 3.37. The predicted octanol–water partition coefficient (Wildman–Crippen LogP) is 1.97. The van der Waals surface area contributed by atoms with E-state index in [0.717, 1.165) is 24.8 Å². The fraction of sp³-hybridized carbons (Fsp3) is 0.500. The molecule has 3 atom stereocenters. The van der Waals surface area contributed by atoms with Crippen molar-refractivity contribution in [2.24, 2.45) is 0 Å². The SMILES string of the molecule is CSC1CCC(N2C(=O)CNC(=O)C2c2ccccc2)C1. The number of nitrogens with zero attached hydrogens (tertiary/aromatic N) is 1. The van der Waals surface area contributed by atoms with Gasteiger partial charge in [0, 0.05) is 11.3 Å². The highest BCUT2D eigenvalue weighted by Gasteiger charge is 2.42. The number of carbonyl (C=O) groups is 2. The van der Waals surface area contributed by atoms with E-state index < -0.39 is 6.04 Å². The molecule has 4 nitrogen and oxygen atoms in total. The van der Waals surface area contributed by atoms with Crippen LogP contribution in [0.5, 0.6) is 0 Å². The van der Waals surface area contributed by atoms with Crippen LogP contribution in [0.4, 0.5) is 0 Å². The zero-order chi connectivity index (χ0) is 14.8. The summed E-state index contributed by atoms with van der Waals surface area (Å²) in [7, 11) is 0. The van der Waals surface area contributed by atoms with Crippen molar-refractivity contribution in [2.45, 2.75) is 36.6 Å². The Morgan fingerprint density at radius 2 is 1.95 bits per heavy atom. The van der Waals surface area contributed by atoms with Crippen LogP contribution in [0.3, 0.4) is 0 Å². The van der Waals surface area contributed by atoms with Gasteiger partial charge in [-0.25, -0.2) is 0 Å². The summed E-state index contributed by atoms with van der Waals surface area (Å²) in [4.78, 5) is 26.6. The first-order valence-corrected chi connectivity index (χ1v) is 8.66. The van der Waals surface area contributed by atoms with Gasteiger partial charge in [-0.3, -0.25) is 9.59 Å². The Morgan fingerprint density at radius 3 is 2.62 bits per heavy atom. The highest BCUT2D eigenvalue weighted by atomic mass is 32.2. The van der Waals surface area contributed by atoms with E-state index in [-0.39, 0.29) is 24.4 Å². The van der Waals surface area contributed by atoms with Crippen LogP contribution >= 0.6 is 11.8 Å². The van der Waals surface area contributed by atoms with Crippen molar-refractivity contribution < 1.29 is 9.59 Å². The molecule has 21 heavy (non-hydrogen) atoms. The largest absolute Gasteiger partial charge is 0.345 e. The fourth-order valence-corrected chi connectivity index (χ4v) is 4.15. The molecule has 2 fully saturated rings. The van der Waals surface area contributed by atoms with E-state index in [1.807, 2.05) is 47.0 Å². The molecule has 1 heterocycles. The molecule has 1 aliphatic heterocycles. The van der Waals surface area contributed by atoms with Crippen LogP contribution in [0.1, 0.15) is 30.9 Å². The molecule has 0 radical (unpaired) electrons. The molecule has 0 aromatic heterocycles. The lowest BCUT2D eigenvalue weighted by molar-refractivity contribution is -0.148. The van der Waals surface area contributed by atoms with Gasteiger partial charge in [0.15, 0.2) is 0 Å². The molecule has 1 saturated heterocycles. The number of hydrogen-bond donors (Lipinski definition) is 1. The van der Waals surface area contributed by atoms with E-state index in [1.165, 1.54) is 0 Å². The number of piperazine rings is 1. The number of amides is 2. The number of thioether (sulfide) groups is 1. The summed E-state index contributed by atoms with van der Waals surface area (Å²) in [5.74, 6) is -0.0244. The van der Waals surface area contributed by atoms with E-state index in [4.69, 9.17) is 0 Å². The summed E-state index contributed by atoms with van der Waals surface area (Å²) >= 11 is 1.86. The van der Waals surface area contributed by atoms with Crippen molar-refractivity contribution in [1.82, 2.24) is 10.2 Å². The smallest absolute Gasteiger partial charge is 0.247 e. The highest BCUT2D eigenvalue weighted by Crippen LogP contribution is 2.36. The molecule has 1 saturated carbocycles. The maximum absolute atomic E-state index is 12.4. The van der Waals surface area contributed by atoms with Crippen molar-refractivity contribution >= 4 is 23.6 Å². The van der Waals surface area contributed by atoms with Crippen LogP contribution in [-0.4, -0.2) is 40.8 Å². The van der Waals surface area contributed by atoms with E-state index in [2.05, 4.69) is 11.6 Å². The van der Waals surface area contributed by atoms with Crippen molar-refractivity contribution in [2.75, 3.05) is 12.8 Å². The first-order valence-electron chi connectivity index (χ1n) is 7.37. The topological polar surface area (TPSA) is 49.4 Å². The number of rotatable bonds is 3. The number of nitrogens with one attached hydrogen (secondary N) is 1. The molecule has 112 valence electrons. The van der Waals surface area contributed by atoms with Crippen LogP contribution in [-0.2, 0) is 9.59 Å². The van der Waals surface area contributed by atoms with E-state index in [0.29, 0.717) is 5.25 Å². The predicted molar refractivity (Wildman–Crippen MR) is 84.0 cm³/mol. The Labute approximate surface area is 129 Å². The molecular formula is C16H20N2O2S. The Hall–Kier alpha value is -1.49. The lowest BCUT2D eigenvalue weighted by atomic mass is 9.99. The molecule has 0 spiro atoms. The number of carbonyl (C=O) groups excluding carboxylic acids is 2. The number of hydrogen-bond acceptors (Lipinski definition) is 3. The number of benzene rings is 1. The van der Waals surface area contributed by atoms with Crippen LogP contribution in [0, 0.1) is 0 Å². The summed E-state index contributed by atoms with van der Waals surface area (Å²) in [6.45, 7) is 0.128. The zero-order valence-corrected chi connectivity index (χ0v) is 12.9. The minimum atomic E-state index is -0.474. The molecule has 1 aromatic rings. The molecule has 5 heteroatoms. The van der Waals surface area contributed by atoms with Gasteiger partial charge < -0.3 is 10.2 Å². The molecule has 2 aliphatic rings. The van der Waals surface area contributed by atoms with Crippen molar-refractivity contribution in [3.05, 3.63) is 35.9 Å². The standard InChI is InChI=1S/C16H20N2O2S/c1-21-13-8-7-12(9-13)18-14(19)10-17-16(20)15(18)11-5-3-2-4-6-11/h2-6,12-13,15H,7-10H2,1H3,(H,17,20). The summed E-state index contributed by atoms with van der Waals surface area (Å²) in [6, 6.07) is 9.33. The van der Waals surface area contributed by atoms with Crippen LogP contribution in [0.25, 0.3) is 0 Å². The molecule has 3 rings (SSSR count). The second kappa shape index (κ2) is 6.10. The van der Waals surface area contributed by atoms with E-state index in [9.17, 15) is 9.59 Å². The van der Waals surface area contributed by atoms with Gasteiger partial charge in [0.2, 0.25) is 11.8 Å². The van der Waals surface area contributed by atoms with Gasteiger partial charge in [-0.2, -0.15) is 11.8 Å². The third-order valence-electron chi connectivity index (χ3n) is 4.43. The Morgan fingerprint density at radius 1 is 1.19 bits per heavy atom. The summed E-state index contributed by atoms with van der Waals surface area (Å²) < 4.78 is 0. The third-order valence-corrected chi connectivity index (χ3v) is 5.52. The normalized spacial score (nSPS) is 29.6. The van der Waals surface area contributed by atoms with Crippen molar-refractivity contribution in [1.29, 1.82) is 0 Å². The Kier molecular flexibility index (Phi) is 4.19. The average Bonchev–Trinajstić information content (AvgIpc) is 2.98. The quantitative estimate of drug-likeness (QED) is 0.929. The van der Waals surface area contributed by atoms with Gasteiger partial charge in [-0.15, -0.1) is 0 Å². The maximum atomic E-state index is 12.4. The molecule has 3 unspecified atom stereocenters. The maximum Gasteiger partial charge on any atom is 0.247 e. The van der Waals surface area contributed by atoms with Gasteiger partial charge in [-0.1, -0.05) is 30.3 Å². The second-order valence-electron chi connectivity index (χ2n) is 5.66. The Balaban J connectivity index is 1.90. The lowest BCUT2D eigenvalue weighted by Gasteiger charge is -2.39. The highest BCUT2D eigenvalue weighted by molar-refractivity contribution is 7.99. The first kappa shape index (κ1) is 14.4. The molecule has 1 aliphatic carbocycles. The first-order chi connectivity index (χ1) is 10.2. The molecular weight excluding hydrogens is 284 g/mol. The Bertz CT molecular complexity index is 534. The monoisotopic (exact) mass is 304 g/mol. The van der Waals surface area contributed by atoms with Gasteiger partial charge in [0.1, 0.15) is 6.04 Å². The van der Waals surface area contributed by atoms with E-state index in [1.54, 1.807) is 0 Å². The van der Waals surface area contributed by atoms with Crippen LogP contribution in [0.2, 0.25) is 0 Å². The summed E-state index contributed by atoms with van der Waals surface area (Å²) in [6.07, 6.45) is 5.22. The van der Waals surface area contributed by atoms with Gasteiger partial charge in [0.25, 0.3) is 0 Å². The van der Waals surface area contributed by atoms with Gasteiger partial charge in [0.05, 0.1) is 6.54 Å². The second-order valence-corrected chi connectivity index (χ2v) is 6.79. The molecule has 1 N–H and O–H groups in total. The molecule has 0 bridgehead atoms. The molecule has 2 amide bonds. The third kappa shape index (κ3) is 2.79. The average molecular weight is 304 g/mol. The van der Waals surface area contributed by atoms with Crippen LogP contribution in [0.15, 0.2) is 30.3 Å². The van der Waals surface area contributed by atoms with E-state index >= 15 is 0 Å².